The van der Waals surface area contributed by atoms with Gasteiger partial charge in [-0.1, -0.05) is 64.9 Å². The first-order valence-electron chi connectivity index (χ1n) is 7.34. The summed E-state index contributed by atoms with van der Waals surface area (Å²) in [7, 11) is 0. The van der Waals surface area contributed by atoms with Crippen LogP contribution in [0.1, 0.15) is 71.1 Å². The molecule has 0 aromatic rings. The summed E-state index contributed by atoms with van der Waals surface area (Å²) in [5.41, 5.74) is 0. The van der Waals surface area contributed by atoms with Gasteiger partial charge in [-0.25, -0.2) is 0 Å². The molecule has 0 heterocycles. The molecule has 1 heteroatoms. The molecule has 0 aromatic carbocycles. The van der Waals surface area contributed by atoms with Crippen LogP contribution in [0, 0.1) is 0 Å². The summed E-state index contributed by atoms with van der Waals surface area (Å²) in [6.07, 6.45) is 16.3. The molecule has 16 heavy (non-hydrogen) atoms. The van der Waals surface area contributed by atoms with Crippen molar-refractivity contribution in [2.24, 2.45) is 0 Å². The highest BCUT2D eigenvalue weighted by molar-refractivity contribution is 4.61. The van der Waals surface area contributed by atoms with Crippen LogP contribution >= 0.6 is 0 Å². The van der Waals surface area contributed by atoms with E-state index in [2.05, 4.69) is 18.8 Å². The van der Waals surface area contributed by atoms with E-state index in [0.717, 1.165) is 6.54 Å². The monoisotopic (exact) mass is 226 g/mol. The van der Waals surface area contributed by atoms with Crippen molar-refractivity contribution in [2.75, 3.05) is 13.1 Å². The maximum absolute atomic E-state index is 3.72. The van der Waals surface area contributed by atoms with Gasteiger partial charge in [-0.3, -0.25) is 0 Å². The van der Waals surface area contributed by atoms with E-state index in [-0.39, 0.29) is 0 Å². The highest BCUT2D eigenvalue weighted by Gasteiger charge is 1.93. The maximum Gasteiger partial charge on any atom is 0.0939 e. The molecule has 0 radical (unpaired) electrons. The SMILES string of the molecule is C=CC[NH2+]CCCCCCCCCCCC. The van der Waals surface area contributed by atoms with Crippen LogP contribution in [0.3, 0.4) is 0 Å². The summed E-state index contributed by atoms with van der Waals surface area (Å²) in [6, 6.07) is 0. The Morgan fingerprint density at radius 2 is 1.31 bits per heavy atom. The molecular weight excluding hydrogens is 194 g/mol. The predicted octanol–water partition coefficient (Wildman–Crippen LogP) is 3.66. The lowest BCUT2D eigenvalue weighted by atomic mass is 10.1. The largest absolute Gasteiger partial charge is 0.343 e. The van der Waals surface area contributed by atoms with Crippen LogP contribution in [0.2, 0.25) is 0 Å². The molecule has 0 amide bonds. The van der Waals surface area contributed by atoms with Crippen molar-refractivity contribution >= 4 is 0 Å². The third-order valence-corrected chi connectivity index (χ3v) is 3.10. The van der Waals surface area contributed by atoms with E-state index < -0.39 is 0 Å². The number of quaternary nitrogens is 1. The second kappa shape index (κ2) is 14.7. The van der Waals surface area contributed by atoms with Crippen LogP contribution in [0.15, 0.2) is 12.7 Å². The summed E-state index contributed by atoms with van der Waals surface area (Å²) < 4.78 is 0. The molecule has 0 bridgehead atoms. The van der Waals surface area contributed by atoms with Crippen molar-refractivity contribution in [1.29, 1.82) is 0 Å². The van der Waals surface area contributed by atoms with Crippen LogP contribution in [-0.2, 0) is 0 Å². The van der Waals surface area contributed by atoms with Crippen LogP contribution in [0.5, 0.6) is 0 Å². The molecule has 0 fully saturated rings. The minimum atomic E-state index is 1.08. The van der Waals surface area contributed by atoms with E-state index in [1.165, 1.54) is 70.8 Å². The van der Waals surface area contributed by atoms with Gasteiger partial charge in [0.1, 0.15) is 0 Å². The fourth-order valence-corrected chi connectivity index (χ4v) is 2.01. The van der Waals surface area contributed by atoms with Crippen LogP contribution in [0.4, 0.5) is 0 Å². The highest BCUT2D eigenvalue weighted by atomic mass is 14.8. The summed E-state index contributed by atoms with van der Waals surface area (Å²) in [4.78, 5) is 0. The van der Waals surface area contributed by atoms with Crippen LogP contribution in [0.25, 0.3) is 0 Å². The second-order valence-electron chi connectivity index (χ2n) is 4.78. The van der Waals surface area contributed by atoms with Crippen molar-refractivity contribution in [3.8, 4) is 0 Å². The lowest BCUT2D eigenvalue weighted by Gasteiger charge is -2.01. The van der Waals surface area contributed by atoms with E-state index in [1.54, 1.807) is 0 Å². The Bertz CT molecular complexity index is 131. The molecular formula is C15H32N+. The summed E-state index contributed by atoms with van der Waals surface area (Å²) >= 11 is 0. The molecule has 0 saturated heterocycles. The molecule has 96 valence electrons. The molecule has 0 spiro atoms. The average molecular weight is 226 g/mol. The minimum Gasteiger partial charge on any atom is -0.343 e. The molecule has 0 saturated carbocycles. The van der Waals surface area contributed by atoms with Gasteiger partial charge >= 0.3 is 0 Å². The topological polar surface area (TPSA) is 16.6 Å². The number of nitrogens with two attached hydrogens (primary N) is 1. The normalized spacial score (nSPS) is 10.6. The van der Waals surface area contributed by atoms with E-state index in [4.69, 9.17) is 0 Å². The van der Waals surface area contributed by atoms with Crippen LogP contribution < -0.4 is 5.32 Å². The first-order valence-corrected chi connectivity index (χ1v) is 7.34. The van der Waals surface area contributed by atoms with Gasteiger partial charge in [-0.15, -0.1) is 0 Å². The number of hydrogen-bond acceptors (Lipinski definition) is 0. The summed E-state index contributed by atoms with van der Waals surface area (Å²) in [6.45, 7) is 8.36. The number of unbranched alkanes of at least 4 members (excludes halogenated alkanes) is 9. The Morgan fingerprint density at radius 1 is 0.812 bits per heavy atom. The van der Waals surface area contributed by atoms with E-state index in [9.17, 15) is 0 Å². The fraction of sp³-hybridized carbons (Fsp3) is 0.867. The fourth-order valence-electron chi connectivity index (χ4n) is 2.01. The minimum absolute atomic E-state index is 1.08. The third kappa shape index (κ3) is 13.7. The smallest absolute Gasteiger partial charge is 0.0939 e. The lowest BCUT2D eigenvalue weighted by Crippen LogP contribution is -2.83. The van der Waals surface area contributed by atoms with Crippen LogP contribution in [-0.4, -0.2) is 13.1 Å². The Labute approximate surface area is 103 Å². The van der Waals surface area contributed by atoms with Gasteiger partial charge < -0.3 is 5.32 Å². The standard InChI is InChI=1S/C15H31N/c1-3-5-6-7-8-9-10-11-12-13-15-16-14-4-2/h4,16H,2-3,5-15H2,1H3/p+1. The van der Waals surface area contributed by atoms with E-state index in [0.29, 0.717) is 0 Å². The van der Waals surface area contributed by atoms with Crippen molar-refractivity contribution in [3.63, 3.8) is 0 Å². The van der Waals surface area contributed by atoms with Crippen molar-refractivity contribution in [3.05, 3.63) is 12.7 Å². The first kappa shape index (κ1) is 15.7. The first-order chi connectivity index (χ1) is 7.91. The maximum atomic E-state index is 3.72. The second-order valence-corrected chi connectivity index (χ2v) is 4.78. The highest BCUT2D eigenvalue weighted by Crippen LogP contribution is 2.09. The predicted molar refractivity (Wildman–Crippen MR) is 73.7 cm³/mol. The quantitative estimate of drug-likeness (QED) is 0.365. The summed E-state index contributed by atoms with van der Waals surface area (Å²) in [5, 5.41) is 2.34. The lowest BCUT2D eigenvalue weighted by molar-refractivity contribution is -0.646. The Kier molecular flexibility index (Phi) is 14.4. The molecule has 0 aliphatic rings. The molecule has 0 unspecified atom stereocenters. The zero-order chi connectivity index (χ0) is 11.9. The van der Waals surface area contributed by atoms with Gasteiger partial charge in [-0.2, -0.15) is 0 Å². The van der Waals surface area contributed by atoms with E-state index >= 15 is 0 Å². The Balaban J connectivity index is 2.85. The van der Waals surface area contributed by atoms with Gasteiger partial charge in [0.25, 0.3) is 0 Å². The van der Waals surface area contributed by atoms with Crippen molar-refractivity contribution < 1.29 is 5.32 Å². The van der Waals surface area contributed by atoms with Gasteiger partial charge in [-0.05, 0) is 18.9 Å². The third-order valence-electron chi connectivity index (χ3n) is 3.10. The summed E-state index contributed by atoms with van der Waals surface area (Å²) in [5.74, 6) is 0. The van der Waals surface area contributed by atoms with Gasteiger partial charge in [0, 0.05) is 0 Å². The van der Waals surface area contributed by atoms with Gasteiger partial charge in [0.2, 0.25) is 0 Å². The molecule has 0 aliphatic heterocycles. The molecule has 0 rings (SSSR count). The molecule has 0 aromatic heterocycles. The number of hydrogen-bond donors (Lipinski definition) is 1. The van der Waals surface area contributed by atoms with Crippen molar-refractivity contribution in [2.45, 2.75) is 71.1 Å². The zero-order valence-corrected chi connectivity index (χ0v) is 11.3. The molecule has 2 N–H and O–H groups in total. The number of rotatable bonds is 13. The van der Waals surface area contributed by atoms with Crippen molar-refractivity contribution in [1.82, 2.24) is 0 Å². The van der Waals surface area contributed by atoms with E-state index in [1.807, 2.05) is 6.08 Å². The molecule has 1 nitrogen and oxygen atoms in total. The van der Waals surface area contributed by atoms with Gasteiger partial charge in [0.05, 0.1) is 13.1 Å². The van der Waals surface area contributed by atoms with Gasteiger partial charge in [0.15, 0.2) is 0 Å². The zero-order valence-electron chi connectivity index (χ0n) is 11.3. The molecule has 0 atom stereocenters. The Hall–Kier alpha value is -0.300. The average Bonchev–Trinajstić information content (AvgIpc) is 2.31. The molecule has 0 aliphatic carbocycles. The Morgan fingerprint density at radius 3 is 1.81 bits per heavy atom.